The zero-order valence-corrected chi connectivity index (χ0v) is 13.4. The SMILES string of the molecule is Cc1cnn(CCC(=O)NC(C#N)c2ccc(Cl)c(Cl)c2)c1. The molecule has 22 heavy (non-hydrogen) atoms. The molecule has 5 nitrogen and oxygen atoms in total. The number of nitrogens with one attached hydrogen (secondary N) is 1. The van der Waals surface area contributed by atoms with E-state index in [2.05, 4.69) is 10.4 Å². The molecule has 114 valence electrons. The molecule has 1 N–H and O–H groups in total. The van der Waals surface area contributed by atoms with Crippen molar-refractivity contribution in [2.75, 3.05) is 0 Å². The molecule has 2 rings (SSSR count). The van der Waals surface area contributed by atoms with Crippen molar-refractivity contribution in [3.63, 3.8) is 0 Å². The Hall–Kier alpha value is -2.03. The lowest BCUT2D eigenvalue weighted by molar-refractivity contribution is -0.121. The van der Waals surface area contributed by atoms with Crippen LogP contribution in [0.1, 0.15) is 23.6 Å². The summed E-state index contributed by atoms with van der Waals surface area (Å²) in [5.41, 5.74) is 1.63. The fourth-order valence-corrected chi connectivity index (χ4v) is 2.23. The van der Waals surface area contributed by atoms with Crippen molar-refractivity contribution in [2.24, 2.45) is 0 Å². The van der Waals surface area contributed by atoms with Gasteiger partial charge in [-0.15, -0.1) is 0 Å². The molecule has 1 atom stereocenters. The number of benzene rings is 1. The molecule has 1 amide bonds. The van der Waals surface area contributed by atoms with E-state index in [1.165, 1.54) is 0 Å². The zero-order chi connectivity index (χ0) is 16.1. The lowest BCUT2D eigenvalue weighted by Crippen LogP contribution is -2.28. The summed E-state index contributed by atoms with van der Waals surface area (Å²) in [6, 6.07) is 6.12. The van der Waals surface area contributed by atoms with E-state index in [0.29, 0.717) is 22.2 Å². The Morgan fingerprint density at radius 3 is 2.82 bits per heavy atom. The Kier molecular flexibility index (Phi) is 5.42. The first kappa shape index (κ1) is 16.3. The normalized spacial score (nSPS) is 11.7. The first-order valence-corrected chi connectivity index (χ1v) is 7.38. The van der Waals surface area contributed by atoms with E-state index in [-0.39, 0.29) is 12.3 Å². The molecule has 1 aromatic heterocycles. The van der Waals surface area contributed by atoms with Crippen LogP contribution < -0.4 is 5.32 Å². The van der Waals surface area contributed by atoms with Gasteiger partial charge in [-0.05, 0) is 30.2 Å². The Morgan fingerprint density at radius 2 is 2.23 bits per heavy atom. The number of halogens is 2. The molecule has 7 heteroatoms. The fourth-order valence-electron chi connectivity index (χ4n) is 1.92. The molecule has 1 heterocycles. The summed E-state index contributed by atoms with van der Waals surface area (Å²) >= 11 is 11.8. The third-order valence-electron chi connectivity index (χ3n) is 3.04. The van der Waals surface area contributed by atoms with E-state index >= 15 is 0 Å². The molecule has 0 saturated carbocycles. The number of aromatic nitrogens is 2. The predicted molar refractivity (Wildman–Crippen MR) is 84.5 cm³/mol. The van der Waals surface area contributed by atoms with Gasteiger partial charge in [-0.2, -0.15) is 10.4 Å². The van der Waals surface area contributed by atoms with Crippen LogP contribution >= 0.6 is 23.2 Å². The van der Waals surface area contributed by atoms with Crippen LogP contribution in [-0.2, 0) is 11.3 Å². The van der Waals surface area contributed by atoms with E-state index in [9.17, 15) is 10.1 Å². The van der Waals surface area contributed by atoms with Gasteiger partial charge in [-0.1, -0.05) is 29.3 Å². The van der Waals surface area contributed by atoms with Gasteiger partial charge >= 0.3 is 0 Å². The molecule has 1 unspecified atom stereocenters. The number of hydrogen-bond donors (Lipinski definition) is 1. The van der Waals surface area contributed by atoms with Gasteiger partial charge in [-0.25, -0.2) is 0 Å². The molecule has 0 aliphatic rings. The van der Waals surface area contributed by atoms with Gasteiger partial charge in [0, 0.05) is 19.2 Å². The molecule has 1 aromatic carbocycles. The topological polar surface area (TPSA) is 70.7 Å². The van der Waals surface area contributed by atoms with E-state index in [0.717, 1.165) is 5.56 Å². The Labute approximate surface area is 138 Å². The summed E-state index contributed by atoms with van der Waals surface area (Å²) in [6.45, 7) is 2.39. The molecule has 0 spiro atoms. The Balaban J connectivity index is 1.96. The number of nitrogens with zero attached hydrogens (tertiary/aromatic N) is 3. The maximum atomic E-state index is 12.0. The van der Waals surface area contributed by atoms with Gasteiger partial charge in [0.05, 0.1) is 22.3 Å². The highest BCUT2D eigenvalue weighted by atomic mass is 35.5. The number of carbonyl (C=O) groups excluding carboxylic acids is 1. The first-order chi connectivity index (χ1) is 10.5. The van der Waals surface area contributed by atoms with Crippen molar-refractivity contribution in [3.8, 4) is 6.07 Å². The molecule has 2 aromatic rings. The monoisotopic (exact) mass is 336 g/mol. The van der Waals surface area contributed by atoms with Crippen LogP contribution in [0.3, 0.4) is 0 Å². The smallest absolute Gasteiger partial charge is 0.223 e. The summed E-state index contributed by atoms with van der Waals surface area (Å²) in [6.07, 6.45) is 3.82. The van der Waals surface area contributed by atoms with E-state index < -0.39 is 6.04 Å². The van der Waals surface area contributed by atoms with Crippen molar-refractivity contribution >= 4 is 29.1 Å². The average molecular weight is 337 g/mol. The second kappa shape index (κ2) is 7.30. The van der Waals surface area contributed by atoms with Gasteiger partial charge in [0.2, 0.25) is 5.91 Å². The number of rotatable bonds is 5. The summed E-state index contributed by atoms with van der Waals surface area (Å²) in [5, 5.41) is 16.7. The maximum absolute atomic E-state index is 12.0. The van der Waals surface area contributed by atoms with Crippen LogP contribution in [0.25, 0.3) is 0 Å². The van der Waals surface area contributed by atoms with Crippen LogP contribution in [0, 0.1) is 18.3 Å². The quantitative estimate of drug-likeness (QED) is 0.910. The summed E-state index contributed by atoms with van der Waals surface area (Å²) in [7, 11) is 0. The van der Waals surface area contributed by atoms with Crippen LogP contribution in [0.4, 0.5) is 0 Å². The second-order valence-electron chi connectivity index (χ2n) is 4.83. The highest BCUT2D eigenvalue weighted by Gasteiger charge is 2.15. The first-order valence-electron chi connectivity index (χ1n) is 6.62. The third-order valence-corrected chi connectivity index (χ3v) is 3.78. The summed E-state index contributed by atoms with van der Waals surface area (Å²) in [4.78, 5) is 12.0. The molecule has 0 aliphatic carbocycles. The maximum Gasteiger partial charge on any atom is 0.223 e. The molecular formula is C15H14Cl2N4O. The van der Waals surface area contributed by atoms with Gasteiger partial charge in [-0.3, -0.25) is 9.48 Å². The van der Waals surface area contributed by atoms with E-state index in [4.69, 9.17) is 23.2 Å². The zero-order valence-electron chi connectivity index (χ0n) is 11.9. The number of carbonyl (C=O) groups is 1. The van der Waals surface area contributed by atoms with Gasteiger partial charge in [0.25, 0.3) is 0 Å². The van der Waals surface area contributed by atoms with Crippen LogP contribution in [0.5, 0.6) is 0 Å². The van der Waals surface area contributed by atoms with Crippen molar-refractivity contribution in [1.82, 2.24) is 15.1 Å². The summed E-state index contributed by atoms with van der Waals surface area (Å²) in [5.74, 6) is -0.231. The summed E-state index contributed by atoms with van der Waals surface area (Å²) < 4.78 is 1.69. The standard InChI is InChI=1S/C15H14Cl2N4O/c1-10-8-19-21(9-10)5-4-15(22)20-14(7-18)11-2-3-12(16)13(17)6-11/h2-3,6,8-9,14H,4-5H2,1H3,(H,20,22). The minimum Gasteiger partial charge on any atom is -0.337 e. The predicted octanol–water partition coefficient (Wildman–Crippen LogP) is 3.27. The minimum atomic E-state index is -0.762. The van der Waals surface area contributed by atoms with Crippen molar-refractivity contribution in [1.29, 1.82) is 5.26 Å². The average Bonchev–Trinajstić information content (AvgIpc) is 2.91. The highest BCUT2D eigenvalue weighted by molar-refractivity contribution is 6.42. The molecule has 0 aliphatic heterocycles. The second-order valence-corrected chi connectivity index (χ2v) is 5.65. The van der Waals surface area contributed by atoms with Crippen molar-refractivity contribution < 1.29 is 4.79 Å². The molecule has 0 fully saturated rings. The lowest BCUT2D eigenvalue weighted by atomic mass is 10.1. The molecule has 0 saturated heterocycles. The Morgan fingerprint density at radius 1 is 1.45 bits per heavy atom. The number of hydrogen-bond acceptors (Lipinski definition) is 3. The van der Waals surface area contributed by atoms with Crippen LogP contribution in [0.15, 0.2) is 30.6 Å². The molecule has 0 bridgehead atoms. The molecule has 0 radical (unpaired) electrons. The number of aryl methyl sites for hydroxylation is 2. The fraction of sp³-hybridized carbons (Fsp3) is 0.267. The van der Waals surface area contributed by atoms with Gasteiger partial charge < -0.3 is 5.32 Å². The van der Waals surface area contributed by atoms with E-state index in [1.807, 2.05) is 19.2 Å². The van der Waals surface area contributed by atoms with E-state index in [1.54, 1.807) is 29.1 Å². The van der Waals surface area contributed by atoms with Crippen LogP contribution in [-0.4, -0.2) is 15.7 Å². The minimum absolute atomic E-state index is 0.231. The largest absolute Gasteiger partial charge is 0.337 e. The van der Waals surface area contributed by atoms with Crippen molar-refractivity contribution in [3.05, 3.63) is 51.8 Å². The lowest BCUT2D eigenvalue weighted by Gasteiger charge is -2.12. The number of amides is 1. The van der Waals surface area contributed by atoms with Crippen LogP contribution in [0.2, 0.25) is 10.0 Å². The third kappa shape index (κ3) is 4.23. The highest BCUT2D eigenvalue weighted by Crippen LogP contribution is 2.25. The van der Waals surface area contributed by atoms with Gasteiger partial charge in [0.15, 0.2) is 0 Å². The molecular weight excluding hydrogens is 323 g/mol. The van der Waals surface area contributed by atoms with Crippen molar-refractivity contribution in [2.45, 2.75) is 25.9 Å². The number of nitriles is 1. The van der Waals surface area contributed by atoms with Gasteiger partial charge in [0.1, 0.15) is 6.04 Å². The Bertz CT molecular complexity index is 721.